The van der Waals surface area contributed by atoms with Gasteiger partial charge in [-0.15, -0.1) is 0 Å². The van der Waals surface area contributed by atoms with Crippen LogP contribution >= 0.6 is 0 Å². The first-order chi connectivity index (χ1) is 8.46. The minimum Gasteiger partial charge on any atom is -0.359 e. The van der Waals surface area contributed by atoms with E-state index in [0.717, 1.165) is 24.9 Å². The summed E-state index contributed by atoms with van der Waals surface area (Å²) in [4.78, 5) is 6.81. The quantitative estimate of drug-likeness (QED) is 0.867. The van der Waals surface area contributed by atoms with Gasteiger partial charge in [-0.05, 0) is 24.3 Å². The first-order valence-electron chi connectivity index (χ1n) is 6.84. The number of anilines is 1. The Hall–Kier alpha value is -1.09. The number of nitrogens with zero attached hydrogens (tertiary/aromatic N) is 2. The first-order valence-corrected chi connectivity index (χ1v) is 6.84. The van der Waals surface area contributed by atoms with Gasteiger partial charge in [0.15, 0.2) is 0 Å². The monoisotopic (exact) mass is 247 g/mol. The van der Waals surface area contributed by atoms with Crippen LogP contribution in [0.15, 0.2) is 18.3 Å². The number of hydrogen-bond acceptors (Lipinski definition) is 3. The van der Waals surface area contributed by atoms with Gasteiger partial charge in [0.25, 0.3) is 0 Å². The van der Waals surface area contributed by atoms with E-state index in [-0.39, 0.29) is 5.41 Å². The van der Waals surface area contributed by atoms with Gasteiger partial charge in [0.1, 0.15) is 5.82 Å². The summed E-state index contributed by atoms with van der Waals surface area (Å²) in [6.07, 6.45) is 4.54. The lowest BCUT2D eigenvalue weighted by Crippen LogP contribution is -2.31. The Morgan fingerprint density at radius 1 is 1.39 bits per heavy atom. The van der Waals surface area contributed by atoms with Crippen molar-refractivity contribution >= 4 is 5.82 Å². The second-order valence-corrected chi connectivity index (χ2v) is 6.56. The van der Waals surface area contributed by atoms with E-state index in [0.29, 0.717) is 0 Å². The largest absolute Gasteiger partial charge is 0.359 e. The molecule has 0 aliphatic heterocycles. The van der Waals surface area contributed by atoms with Crippen molar-refractivity contribution < 1.29 is 0 Å². The Morgan fingerprint density at radius 2 is 2.11 bits per heavy atom. The van der Waals surface area contributed by atoms with Gasteiger partial charge in [-0.25, -0.2) is 4.98 Å². The van der Waals surface area contributed by atoms with Crippen LogP contribution in [-0.2, 0) is 6.54 Å². The molecule has 1 aliphatic rings. The standard InChI is InChI=1S/C15H25N3/c1-15(2,3)11-18(4)14-12(6-5-9-16-14)10-17-13-7-8-13/h5-6,9,13,17H,7-8,10-11H2,1-4H3. The number of rotatable bonds is 5. The van der Waals surface area contributed by atoms with Crippen LogP contribution < -0.4 is 10.2 Å². The highest BCUT2D eigenvalue weighted by molar-refractivity contribution is 5.46. The van der Waals surface area contributed by atoms with E-state index in [1.54, 1.807) is 0 Å². The number of nitrogens with one attached hydrogen (secondary N) is 1. The predicted molar refractivity (Wildman–Crippen MR) is 76.8 cm³/mol. The van der Waals surface area contributed by atoms with E-state index >= 15 is 0 Å². The molecule has 100 valence electrons. The Morgan fingerprint density at radius 3 is 2.72 bits per heavy atom. The fourth-order valence-electron chi connectivity index (χ4n) is 2.24. The molecule has 0 amide bonds. The van der Waals surface area contributed by atoms with Gasteiger partial charge in [0.05, 0.1) is 0 Å². The zero-order chi connectivity index (χ0) is 13.2. The second-order valence-electron chi connectivity index (χ2n) is 6.56. The van der Waals surface area contributed by atoms with Gasteiger partial charge < -0.3 is 10.2 Å². The topological polar surface area (TPSA) is 28.2 Å². The van der Waals surface area contributed by atoms with Crippen molar-refractivity contribution in [1.29, 1.82) is 0 Å². The zero-order valence-corrected chi connectivity index (χ0v) is 12.0. The highest BCUT2D eigenvalue weighted by atomic mass is 15.2. The third-order valence-electron chi connectivity index (χ3n) is 3.10. The summed E-state index contributed by atoms with van der Waals surface area (Å²) in [7, 11) is 2.13. The number of hydrogen-bond donors (Lipinski definition) is 1. The fraction of sp³-hybridized carbons (Fsp3) is 0.667. The number of aromatic nitrogens is 1. The Labute approximate surface area is 111 Å². The molecule has 0 aromatic carbocycles. The minimum absolute atomic E-state index is 0.285. The summed E-state index contributed by atoms with van der Waals surface area (Å²) < 4.78 is 0. The lowest BCUT2D eigenvalue weighted by atomic mass is 9.96. The highest BCUT2D eigenvalue weighted by Gasteiger charge is 2.21. The molecular weight excluding hydrogens is 222 g/mol. The van der Waals surface area contributed by atoms with Crippen LogP contribution in [-0.4, -0.2) is 24.6 Å². The van der Waals surface area contributed by atoms with Crippen molar-refractivity contribution in [3.05, 3.63) is 23.9 Å². The third kappa shape index (κ3) is 3.98. The van der Waals surface area contributed by atoms with E-state index in [1.165, 1.54) is 18.4 Å². The maximum Gasteiger partial charge on any atom is 0.132 e. The lowest BCUT2D eigenvalue weighted by Gasteiger charge is -2.28. The van der Waals surface area contributed by atoms with Gasteiger partial charge in [-0.2, -0.15) is 0 Å². The van der Waals surface area contributed by atoms with Gasteiger partial charge in [0.2, 0.25) is 0 Å². The van der Waals surface area contributed by atoms with E-state index in [2.05, 4.69) is 49.1 Å². The van der Waals surface area contributed by atoms with Crippen LogP contribution in [0.25, 0.3) is 0 Å². The highest BCUT2D eigenvalue weighted by Crippen LogP contribution is 2.23. The van der Waals surface area contributed by atoms with Crippen molar-refractivity contribution in [3.63, 3.8) is 0 Å². The summed E-state index contributed by atoms with van der Waals surface area (Å²) in [5, 5.41) is 3.56. The molecule has 0 saturated heterocycles. The van der Waals surface area contributed by atoms with E-state index in [1.807, 2.05) is 12.3 Å². The Balaban J connectivity index is 2.05. The molecule has 1 saturated carbocycles. The average molecular weight is 247 g/mol. The average Bonchev–Trinajstić information content (AvgIpc) is 3.08. The lowest BCUT2D eigenvalue weighted by molar-refractivity contribution is 0.417. The smallest absolute Gasteiger partial charge is 0.132 e. The molecule has 1 aromatic heterocycles. The van der Waals surface area contributed by atoms with Crippen LogP contribution in [0.5, 0.6) is 0 Å². The summed E-state index contributed by atoms with van der Waals surface area (Å²) in [6.45, 7) is 8.72. The molecule has 1 aliphatic carbocycles. The molecule has 18 heavy (non-hydrogen) atoms. The molecule has 0 atom stereocenters. The maximum atomic E-state index is 4.55. The SMILES string of the molecule is CN(CC(C)(C)C)c1ncccc1CNC1CC1. The van der Waals surface area contributed by atoms with Gasteiger partial charge in [-0.3, -0.25) is 0 Å². The first kappa shape index (κ1) is 13.3. The molecule has 0 spiro atoms. The van der Waals surface area contributed by atoms with Crippen molar-refractivity contribution in [2.75, 3.05) is 18.5 Å². The van der Waals surface area contributed by atoms with Crippen LogP contribution in [0.3, 0.4) is 0 Å². The van der Waals surface area contributed by atoms with Crippen molar-refractivity contribution in [2.24, 2.45) is 5.41 Å². The van der Waals surface area contributed by atoms with E-state index < -0.39 is 0 Å². The fourth-order valence-corrected chi connectivity index (χ4v) is 2.24. The summed E-state index contributed by atoms with van der Waals surface area (Å²) >= 11 is 0. The predicted octanol–water partition coefficient (Wildman–Crippen LogP) is 2.82. The molecule has 0 unspecified atom stereocenters. The molecule has 0 bridgehead atoms. The van der Waals surface area contributed by atoms with Crippen LogP contribution in [0, 0.1) is 5.41 Å². The normalized spacial score (nSPS) is 15.8. The molecule has 3 heteroatoms. The molecule has 1 fully saturated rings. The molecule has 2 rings (SSSR count). The molecular formula is C15H25N3. The second kappa shape index (κ2) is 5.27. The van der Waals surface area contributed by atoms with E-state index in [9.17, 15) is 0 Å². The number of pyridine rings is 1. The third-order valence-corrected chi connectivity index (χ3v) is 3.10. The summed E-state index contributed by atoms with van der Waals surface area (Å²) in [5.41, 5.74) is 1.59. The minimum atomic E-state index is 0.285. The van der Waals surface area contributed by atoms with Crippen LogP contribution in [0.2, 0.25) is 0 Å². The van der Waals surface area contributed by atoms with Gasteiger partial charge >= 0.3 is 0 Å². The van der Waals surface area contributed by atoms with Gasteiger partial charge in [-0.1, -0.05) is 26.8 Å². The van der Waals surface area contributed by atoms with Gasteiger partial charge in [0, 0.05) is 37.9 Å². The molecule has 3 nitrogen and oxygen atoms in total. The molecule has 1 N–H and O–H groups in total. The Kier molecular flexibility index (Phi) is 3.91. The van der Waals surface area contributed by atoms with Crippen LogP contribution in [0.1, 0.15) is 39.2 Å². The summed E-state index contributed by atoms with van der Waals surface area (Å²) in [5.74, 6) is 1.11. The van der Waals surface area contributed by atoms with Crippen molar-refractivity contribution in [2.45, 2.75) is 46.2 Å². The molecule has 0 radical (unpaired) electrons. The summed E-state index contributed by atoms with van der Waals surface area (Å²) in [6, 6.07) is 4.95. The van der Waals surface area contributed by atoms with Crippen molar-refractivity contribution in [1.82, 2.24) is 10.3 Å². The van der Waals surface area contributed by atoms with Crippen molar-refractivity contribution in [3.8, 4) is 0 Å². The Bertz CT molecular complexity index is 391. The zero-order valence-electron chi connectivity index (χ0n) is 12.0. The van der Waals surface area contributed by atoms with Crippen LogP contribution in [0.4, 0.5) is 5.82 Å². The molecule has 1 heterocycles. The van der Waals surface area contributed by atoms with E-state index in [4.69, 9.17) is 0 Å². The maximum absolute atomic E-state index is 4.55. The molecule has 1 aromatic rings.